The molecule has 5 nitrogen and oxygen atoms in total. The minimum Gasteiger partial charge on any atom is -0.378 e. The number of morpholine rings is 1. The maximum Gasteiger partial charge on any atom is 0.245 e. The molecule has 116 valence electrons. The van der Waals surface area contributed by atoms with Crippen molar-refractivity contribution in [3.8, 4) is 0 Å². The van der Waals surface area contributed by atoms with E-state index in [4.69, 9.17) is 4.74 Å². The molecule has 0 saturated carbocycles. The number of nitrogens with zero attached hydrogens (tertiary/aromatic N) is 1. The van der Waals surface area contributed by atoms with Gasteiger partial charge in [0.25, 0.3) is 0 Å². The minimum absolute atomic E-state index is 0.0362. The van der Waals surface area contributed by atoms with Crippen LogP contribution in [-0.4, -0.2) is 36.7 Å². The fraction of sp³-hybridized carbons (Fsp3) is 0.733. The number of fused-ring (bicyclic) bond motifs is 1. The van der Waals surface area contributed by atoms with Crippen LogP contribution >= 0.6 is 11.3 Å². The highest BCUT2D eigenvalue weighted by atomic mass is 32.1. The van der Waals surface area contributed by atoms with Gasteiger partial charge < -0.3 is 15.4 Å². The standard InChI is InChI=1S/C15H23N3O2S/c1-2-3-10-4-5-11-13(8-10)21-15(17-11)18-14(19)12-9-20-7-6-16-12/h10,12,16H,2-9H2,1H3,(H,17,18,19)/t10-,12+/m1/s1. The molecule has 0 aromatic carbocycles. The van der Waals surface area contributed by atoms with Gasteiger partial charge in [-0.15, -0.1) is 11.3 Å². The lowest BCUT2D eigenvalue weighted by atomic mass is 9.88. The lowest BCUT2D eigenvalue weighted by Crippen LogP contribution is -2.48. The Morgan fingerprint density at radius 1 is 1.57 bits per heavy atom. The van der Waals surface area contributed by atoms with Crippen LogP contribution in [0, 0.1) is 5.92 Å². The van der Waals surface area contributed by atoms with E-state index >= 15 is 0 Å². The zero-order chi connectivity index (χ0) is 14.7. The van der Waals surface area contributed by atoms with Crippen molar-refractivity contribution in [2.45, 2.75) is 45.1 Å². The number of thiazole rings is 1. The van der Waals surface area contributed by atoms with E-state index in [9.17, 15) is 4.79 Å². The highest BCUT2D eigenvalue weighted by Crippen LogP contribution is 2.34. The van der Waals surface area contributed by atoms with Crippen molar-refractivity contribution in [2.24, 2.45) is 5.92 Å². The van der Waals surface area contributed by atoms with E-state index in [1.54, 1.807) is 11.3 Å². The van der Waals surface area contributed by atoms with E-state index in [1.165, 1.54) is 29.8 Å². The van der Waals surface area contributed by atoms with E-state index in [2.05, 4.69) is 22.5 Å². The van der Waals surface area contributed by atoms with Gasteiger partial charge >= 0.3 is 0 Å². The number of nitrogens with one attached hydrogen (secondary N) is 2. The molecule has 2 heterocycles. The molecule has 3 rings (SSSR count). The fourth-order valence-corrected chi connectivity index (χ4v) is 4.20. The third kappa shape index (κ3) is 3.62. The first-order valence-electron chi connectivity index (χ1n) is 7.87. The number of hydrogen-bond acceptors (Lipinski definition) is 5. The Balaban J connectivity index is 1.61. The molecule has 0 radical (unpaired) electrons. The second-order valence-corrected chi connectivity index (χ2v) is 6.94. The van der Waals surface area contributed by atoms with Crippen LogP contribution < -0.4 is 10.6 Å². The number of amides is 1. The highest BCUT2D eigenvalue weighted by molar-refractivity contribution is 7.15. The third-order valence-electron chi connectivity index (χ3n) is 4.21. The number of carbonyl (C=O) groups is 1. The van der Waals surface area contributed by atoms with Gasteiger partial charge in [0, 0.05) is 11.4 Å². The summed E-state index contributed by atoms with van der Waals surface area (Å²) in [5.74, 6) is 0.755. The van der Waals surface area contributed by atoms with Crippen LogP contribution in [0.5, 0.6) is 0 Å². The summed E-state index contributed by atoms with van der Waals surface area (Å²) < 4.78 is 5.32. The van der Waals surface area contributed by atoms with Gasteiger partial charge in [-0.05, 0) is 25.2 Å². The summed E-state index contributed by atoms with van der Waals surface area (Å²) in [6.45, 7) is 4.09. The summed E-state index contributed by atoms with van der Waals surface area (Å²) in [6.07, 6.45) is 5.95. The van der Waals surface area contributed by atoms with E-state index in [0.29, 0.717) is 13.2 Å². The first-order valence-corrected chi connectivity index (χ1v) is 8.68. The van der Waals surface area contributed by atoms with Crippen LogP contribution in [0.4, 0.5) is 5.13 Å². The van der Waals surface area contributed by atoms with E-state index in [0.717, 1.165) is 30.4 Å². The normalized spacial score (nSPS) is 25.4. The van der Waals surface area contributed by atoms with Crippen LogP contribution in [0.3, 0.4) is 0 Å². The molecule has 0 bridgehead atoms. The van der Waals surface area contributed by atoms with Gasteiger partial charge in [0.05, 0.1) is 18.9 Å². The van der Waals surface area contributed by atoms with Gasteiger partial charge in [-0.2, -0.15) is 0 Å². The molecule has 6 heteroatoms. The summed E-state index contributed by atoms with van der Waals surface area (Å²) >= 11 is 1.65. The predicted octanol–water partition coefficient (Wildman–Crippen LogP) is 1.97. The number of aromatic nitrogens is 1. The van der Waals surface area contributed by atoms with Gasteiger partial charge in [0.1, 0.15) is 6.04 Å². The molecule has 0 unspecified atom stereocenters. The Labute approximate surface area is 129 Å². The number of rotatable bonds is 4. The average Bonchev–Trinajstić information content (AvgIpc) is 2.90. The first kappa shape index (κ1) is 14.9. The van der Waals surface area contributed by atoms with E-state index in [1.807, 2.05) is 0 Å². The monoisotopic (exact) mass is 309 g/mol. The molecule has 1 saturated heterocycles. The van der Waals surface area contributed by atoms with Gasteiger partial charge in [-0.3, -0.25) is 4.79 Å². The third-order valence-corrected chi connectivity index (χ3v) is 5.24. The molecule has 2 aliphatic rings. The SMILES string of the molecule is CCC[C@@H]1CCc2nc(NC(=O)[C@@H]3COCCN3)sc2C1. The van der Waals surface area contributed by atoms with E-state index < -0.39 is 0 Å². The Morgan fingerprint density at radius 2 is 2.48 bits per heavy atom. The van der Waals surface area contributed by atoms with Crippen LogP contribution in [0.1, 0.15) is 36.8 Å². The van der Waals surface area contributed by atoms with E-state index in [-0.39, 0.29) is 11.9 Å². The van der Waals surface area contributed by atoms with Gasteiger partial charge in [-0.25, -0.2) is 4.98 Å². The molecule has 21 heavy (non-hydrogen) atoms. The maximum absolute atomic E-state index is 12.2. The zero-order valence-corrected chi connectivity index (χ0v) is 13.3. The molecular formula is C15H23N3O2S. The molecule has 1 fully saturated rings. The molecule has 1 aliphatic carbocycles. The van der Waals surface area contributed by atoms with Crippen molar-refractivity contribution < 1.29 is 9.53 Å². The molecular weight excluding hydrogens is 286 g/mol. The minimum atomic E-state index is -0.257. The van der Waals surface area contributed by atoms with Gasteiger partial charge in [0.15, 0.2) is 5.13 Å². The molecule has 2 N–H and O–H groups in total. The van der Waals surface area contributed by atoms with Crippen molar-refractivity contribution in [3.05, 3.63) is 10.6 Å². The second kappa shape index (κ2) is 6.85. The Kier molecular flexibility index (Phi) is 4.87. The average molecular weight is 309 g/mol. The Morgan fingerprint density at radius 3 is 3.24 bits per heavy atom. The lowest BCUT2D eigenvalue weighted by molar-refractivity contribution is -0.120. The molecule has 1 aromatic heterocycles. The quantitative estimate of drug-likeness (QED) is 0.892. The van der Waals surface area contributed by atoms with Crippen molar-refractivity contribution in [2.75, 3.05) is 25.1 Å². The summed E-state index contributed by atoms with van der Waals surface area (Å²) in [4.78, 5) is 18.1. The summed E-state index contributed by atoms with van der Waals surface area (Å²) in [7, 11) is 0. The largest absolute Gasteiger partial charge is 0.378 e. The fourth-order valence-electron chi connectivity index (χ4n) is 3.08. The smallest absolute Gasteiger partial charge is 0.245 e. The maximum atomic E-state index is 12.2. The van der Waals surface area contributed by atoms with Gasteiger partial charge in [0.2, 0.25) is 5.91 Å². The topological polar surface area (TPSA) is 63.2 Å². The lowest BCUT2D eigenvalue weighted by Gasteiger charge is -2.22. The summed E-state index contributed by atoms with van der Waals surface area (Å²) in [6, 6.07) is -0.257. The first-order chi connectivity index (χ1) is 10.3. The van der Waals surface area contributed by atoms with Crippen molar-refractivity contribution >= 4 is 22.4 Å². The Bertz CT molecular complexity index is 497. The van der Waals surface area contributed by atoms with Crippen molar-refractivity contribution in [1.82, 2.24) is 10.3 Å². The van der Waals surface area contributed by atoms with Crippen LogP contribution in [-0.2, 0) is 22.4 Å². The zero-order valence-electron chi connectivity index (χ0n) is 12.5. The highest BCUT2D eigenvalue weighted by Gasteiger charge is 2.25. The molecule has 0 spiro atoms. The molecule has 1 aromatic rings. The number of ether oxygens (including phenoxy) is 1. The Hall–Kier alpha value is -0.980. The number of carbonyl (C=O) groups excluding carboxylic acids is 1. The second-order valence-electron chi connectivity index (χ2n) is 5.86. The van der Waals surface area contributed by atoms with Crippen LogP contribution in [0.25, 0.3) is 0 Å². The predicted molar refractivity (Wildman–Crippen MR) is 83.8 cm³/mol. The molecule has 1 aliphatic heterocycles. The van der Waals surface area contributed by atoms with Crippen LogP contribution in [0.15, 0.2) is 0 Å². The molecule has 1 amide bonds. The number of hydrogen-bond donors (Lipinski definition) is 2. The van der Waals surface area contributed by atoms with Crippen molar-refractivity contribution in [1.29, 1.82) is 0 Å². The number of anilines is 1. The summed E-state index contributed by atoms with van der Waals surface area (Å²) in [5.41, 5.74) is 1.19. The van der Waals surface area contributed by atoms with Crippen molar-refractivity contribution in [3.63, 3.8) is 0 Å². The number of aryl methyl sites for hydroxylation is 1. The summed E-state index contributed by atoms with van der Waals surface area (Å²) in [5, 5.41) is 6.85. The van der Waals surface area contributed by atoms with Crippen LogP contribution in [0.2, 0.25) is 0 Å². The molecule has 2 atom stereocenters. The van der Waals surface area contributed by atoms with Gasteiger partial charge in [-0.1, -0.05) is 19.8 Å².